The molecule has 0 spiro atoms. The number of carbonyl (C=O) groups excluding carboxylic acids is 2. The molecular weight excluding hydrogens is 290 g/mol. The molecule has 0 saturated carbocycles. The minimum atomic E-state index is -0.493. The standard InChI is InChI=1S/C18H21N3O2/c1-11-8-12(2)10-16(9-11)20-13(3)18(23)21-15-6-4-14(5-7-15)17(19)22/h4-10,13,20H,1-3H3,(H2,19,22)(H,21,23). The number of primary amides is 1. The molecule has 2 aromatic carbocycles. The topological polar surface area (TPSA) is 84.2 Å². The number of anilines is 2. The van der Waals surface area contributed by atoms with Gasteiger partial charge in [-0.1, -0.05) is 6.07 Å². The Balaban J connectivity index is 2.00. The van der Waals surface area contributed by atoms with E-state index in [1.807, 2.05) is 26.0 Å². The van der Waals surface area contributed by atoms with Gasteiger partial charge in [-0.2, -0.15) is 0 Å². The first-order valence-electron chi connectivity index (χ1n) is 7.41. The first-order chi connectivity index (χ1) is 10.8. The molecule has 4 N–H and O–H groups in total. The molecule has 1 unspecified atom stereocenters. The van der Waals surface area contributed by atoms with Crippen LogP contribution < -0.4 is 16.4 Å². The van der Waals surface area contributed by atoms with Gasteiger partial charge < -0.3 is 16.4 Å². The molecule has 0 aliphatic rings. The average Bonchev–Trinajstić information content (AvgIpc) is 2.46. The number of carbonyl (C=O) groups is 2. The zero-order chi connectivity index (χ0) is 17.0. The van der Waals surface area contributed by atoms with E-state index in [1.165, 1.54) is 0 Å². The van der Waals surface area contributed by atoms with Crippen molar-refractivity contribution in [2.45, 2.75) is 26.8 Å². The molecule has 0 heterocycles. The number of nitrogens with one attached hydrogen (secondary N) is 2. The number of benzene rings is 2. The SMILES string of the molecule is Cc1cc(C)cc(NC(C)C(=O)Nc2ccc(C(N)=O)cc2)c1. The number of aryl methyl sites for hydroxylation is 2. The molecule has 0 aromatic heterocycles. The van der Waals surface area contributed by atoms with Crippen LogP contribution in [-0.2, 0) is 4.79 Å². The average molecular weight is 311 g/mol. The summed E-state index contributed by atoms with van der Waals surface area (Å²) in [5, 5.41) is 5.99. The molecule has 0 fully saturated rings. The van der Waals surface area contributed by atoms with Crippen LogP contribution in [0.5, 0.6) is 0 Å². The minimum Gasteiger partial charge on any atom is -0.374 e. The van der Waals surface area contributed by atoms with E-state index in [4.69, 9.17) is 5.73 Å². The fourth-order valence-electron chi connectivity index (χ4n) is 2.34. The molecule has 5 nitrogen and oxygen atoms in total. The van der Waals surface area contributed by atoms with E-state index in [-0.39, 0.29) is 5.91 Å². The van der Waals surface area contributed by atoms with Gasteiger partial charge in [0, 0.05) is 16.9 Å². The van der Waals surface area contributed by atoms with Crippen molar-refractivity contribution >= 4 is 23.2 Å². The third-order valence-corrected chi connectivity index (χ3v) is 3.44. The number of nitrogens with two attached hydrogens (primary N) is 1. The molecule has 0 saturated heterocycles. The molecule has 0 bridgehead atoms. The van der Waals surface area contributed by atoms with E-state index in [0.29, 0.717) is 11.3 Å². The molecule has 2 rings (SSSR count). The molecule has 1 atom stereocenters. The van der Waals surface area contributed by atoms with Crippen LogP contribution in [0, 0.1) is 13.8 Å². The van der Waals surface area contributed by atoms with Gasteiger partial charge in [-0.3, -0.25) is 9.59 Å². The van der Waals surface area contributed by atoms with Crippen LogP contribution in [0.3, 0.4) is 0 Å². The predicted octanol–water partition coefficient (Wildman–Crippen LogP) is 2.84. The third kappa shape index (κ3) is 4.57. The lowest BCUT2D eigenvalue weighted by Crippen LogP contribution is -2.31. The van der Waals surface area contributed by atoms with Crippen LogP contribution in [0.15, 0.2) is 42.5 Å². The van der Waals surface area contributed by atoms with Crippen LogP contribution in [-0.4, -0.2) is 17.9 Å². The summed E-state index contributed by atoms with van der Waals surface area (Å²) in [6.45, 7) is 5.83. The summed E-state index contributed by atoms with van der Waals surface area (Å²) in [6.07, 6.45) is 0. The lowest BCUT2D eigenvalue weighted by molar-refractivity contribution is -0.116. The summed E-state index contributed by atoms with van der Waals surface area (Å²) in [5.74, 6) is -0.649. The zero-order valence-corrected chi connectivity index (χ0v) is 13.5. The highest BCUT2D eigenvalue weighted by Crippen LogP contribution is 2.15. The summed E-state index contributed by atoms with van der Waals surface area (Å²) < 4.78 is 0. The van der Waals surface area contributed by atoms with E-state index < -0.39 is 11.9 Å². The maximum Gasteiger partial charge on any atom is 0.248 e. The molecular formula is C18H21N3O2. The fourth-order valence-corrected chi connectivity index (χ4v) is 2.34. The van der Waals surface area contributed by atoms with E-state index in [2.05, 4.69) is 16.7 Å². The summed E-state index contributed by atoms with van der Waals surface area (Å²) in [6, 6.07) is 12.2. The quantitative estimate of drug-likeness (QED) is 0.794. The van der Waals surface area contributed by atoms with Gasteiger partial charge in [0.15, 0.2) is 0 Å². The Morgan fingerprint density at radius 2 is 1.52 bits per heavy atom. The van der Waals surface area contributed by atoms with E-state index in [0.717, 1.165) is 16.8 Å². The Morgan fingerprint density at radius 1 is 0.957 bits per heavy atom. The Labute approximate surface area is 135 Å². The van der Waals surface area contributed by atoms with Gasteiger partial charge in [-0.15, -0.1) is 0 Å². The van der Waals surface area contributed by atoms with Crippen molar-refractivity contribution in [2.75, 3.05) is 10.6 Å². The van der Waals surface area contributed by atoms with Gasteiger partial charge >= 0.3 is 0 Å². The maximum atomic E-state index is 12.2. The smallest absolute Gasteiger partial charge is 0.248 e. The van der Waals surface area contributed by atoms with Gasteiger partial charge in [-0.05, 0) is 68.3 Å². The lowest BCUT2D eigenvalue weighted by Gasteiger charge is -2.16. The summed E-state index contributed by atoms with van der Waals surface area (Å²) in [7, 11) is 0. The first-order valence-corrected chi connectivity index (χ1v) is 7.41. The second kappa shape index (κ2) is 6.96. The number of hydrogen-bond donors (Lipinski definition) is 3. The van der Waals surface area contributed by atoms with Crippen molar-refractivity contribution in [3.63, 3.8) is 0 Å². The van der Waals surface area contributed by atoms with E-state index in [9.17, 15) is 9.59 Å². The monoisotopic (exact) mass is 311 g/mol. The molecule has 0 aliphatic heterocycles. The minimum absolute atomic E-state index is 0.156. The number of rotatable bonds is 5. The highest BCUT2D eigenvalue weighted by Gasteiger charge is 2.13. The van der Waals surface area contributed by atoms with Gasteiger partial charge in [0.2, 0.25) is 11.8 Å². The Hall–Kier alpha value is -2.82. The highest BCUT2D eigenvalue weighted by atomic mass is 16.2. The van der Waals surface area contributed by atoms with Crippen molar-refractivity contribution in [3.05, 3.63) is 59.2 Å². The maximum absolute atomic E-state index is 12.2. The van der Waals surface area contributed by atoms with Crippen molar-refractivity contribution < 1.29 is 9.59 Å². The Morgan fingerprint density at radius 3 is 2.04 bits per heavy atom. The molecule has 0 radical (unpaired) electrons. The normalized spacial score (nSPS) is 11.6. The Kier molecular flexibility index (Phi) is 5.01. The first kappa shape index (κ1) is 16.5. The molecule has 2 aromatic rings. The van der Waals surface area contributed by atoms with Crippen LogP contribution in [0.2, 0.25) is 0 Å². The molecule has 23 heavy (non-hydrogen) atoms. The van der Waals surface area contributed by atoms with E-state index >= 15 is 0 Å². The van der Waals surface area contributed by atoms with Crippen molar-refractivity contribution in [3.8, 4) is 0 Å². The zero-order valence-electron chi connectivity index (χ0n) is 13.5. The number of hydrogen-bond acceptors (Lipinski definition) is 3. The molecule has 2 amide bonds. The summed E-state index contributed by atoms with van der Waals surface area (Å²) in [5.41, 5.74) is 9.41. The molecule has 5 heteroatoms. The lowest BCUT2D eigenvalue weighted by atomic mass is 10.1. The summed E-state index contributed by atoms with van der Waals surface area (Å²) >= 11 is 0. The number of amides is 2. The van der Waals surface area contributed by atoms with Gasteiger partial charge in [0.25, 0.3) is 0 Å². The van der Waals surface area contributed by atoms with Gasteiger partial charge in [-0.25, -0.2) is 0 Å². The van der Waals surface area contributed by atoms with Crippen LogP contribution in [0.4, 0.5) is 11.4 Å². The van der Waals surface area contributed by atoms with Crippen LogP contribution >= 0.6 is 0 Å². The van der Waals surface area contributed by atoms with Crippen molar-refractivity contribution in [1.29, 1.82) is 0 Å². The molecule has 0 aliphatic carbocycles. The third-order valence-electron chi connectivity index (χ3n) is 3.44. The van der Waals surface area contributed by atoms with Gasteiger partial charge in [0.1, 0.15) is 6.04 Å². The van der Waals surface area contributed by atoms with Crippen LogP contribution in [0.1, 0.15) is 28.4 Å². The second-order valence-electron chi connectivity index (χ2n) is 5.67. The fraction of sp³-hybridized carbons (Fsp3) is 0.222. The summed E-state index contributed by atoms with van der Waals surface area (Å²) in [4.78, 5) is 23.3. The largest absolute Gasteiger partial charge is 0.374 e. The molecule has 120 valence electrons. The van der Waals surface area contributed by atoms with E-state index in [1.54, 1.807) is 31.2 Å². The second-order valence-corrected chi connectivity index (χ2v) is 5.67. The van der Waals surface area contributed by atoms with Crippen molar-refractivity contribution in [1.82, 2.24) is 0 Å². The predicted molar refractivity (Wildman–Crippen MR) is 92.6 cm³/mol. The Bertz CT molecular complexity index is 703. The van der Waals surface area contributed by atoms with Crippen LogP contribution in [0.25, 0.3) is 0 Å². The highest BCUT2D eigenvalue weighted by molar-refractivity contribution is 5.97. The van der Waals surface area contributed by atoms with Gasteiger partial charge in [0.05, 0.1) is 0 Å². The van der Waals surface area contributed by atoms with Crippen molar-refractivity contribution in [2.24, 2.45) is 5.73 Å².